The molecule has 0 spiro atoms. The third-order valence-electron chi connectivity index (χ3n) is 4.90. The monoisotopic (exact) mass is 562 g/mol. The lowest BCUT2D eigenvalue weighted by Gasteiger charge is -2.13. The van der Waals surface area contributed by atoms with E-state index in [1.54, 1.807) is 54.8 Å². The van der Waals surface area contributed by atoms with Gasteiger partial charge in [-0.25, -0.2) is 0 Å². The Bertz CT molecular complexity index is 1330. The van der Waals surface area contributed by atoms with E-state index >= 15 is 0 Å². The third kappa shape index (κ3) is 6.41. The van der Waals surface area contributed by atoms with Crippen LogP contribution in [0.3, 0.4) is 0 Å². The summed E-state index contributed by atoms with van der Waals surface area (Å²) >= 11 is 18.6. The molecule has 0 unspecified atom stereocenters. The summed E-state index contributed by atoms with van der Waals surface area (Å²) in [6, 6.07) is 13.5. The number of carbonyl (C=O) groups excluding carboxylic acids is 2. The second kappa shape index (κ2) is 11.8. The maximum atomic E-state index is 12.9. The van der Waals surface area contributed by atoms with Crippen LogP contribution in [0.15, 0.2) is 64.1 Å². The third-order valence-corrected chi connectivity index (χ3v) is 6.82. The molecule has 1 fully saturated rings. The molecule has 0 atom stereocenters. The van der Waals surface area contributed by atoms with Crippen molar-refractivity contribution in [2.75, 3.05) is 18.5 Å². The fourth-order valence-corrected chi connectivity index (χ4v) is 4.98. The molecule has 0 radical (unpaired) electrons. The van der Waals surface area contributed by atoms with E-state index in [4.69, 9.17) is 49.3 Å². The number of furan rings is 1. The molecular weight excluding hydrogens is 543 g/mol. The molecule has 2 amide bonds. The van der Waals surface area contributed by atoms with Gasteiger partial charge in [0.05, 0.1) is 35.0 Å². The standard InChI is InChI=1S/C25H20Cl2N2O5S2/c1-2-32-21-10-15(11-22-24(31)29(25(35)36-22)13-17-4-3-9-33-17)5-8-20(21)34-14-23(30)28-19-7-6-16(26)12-18(19)27/h3-12H,2,13-14H2,1H3,(H,28,30)/b22-11-. The summed E-state index contributed by atoms with van der Waals surface area (Å²) in [5.74, 6) is 0.879. The minimum atomic E-state index is -0.397. The molecule has 7 nitrogen and oxygen atoms in total. The van der Waals surface area contributed by atoms with Crippen molar-refractivity contribution in [2.24, 2.45) is 0 Å². The molecule has 11 heteroatoms. The molecule has 186 valence electrons. The second-order valence-corrected chi connectivity index (χ2v) is 9.97. The Morgan fingerprint density at radius 2 is 2.00 bits per heavy atom. The fraction of sp³-hybridized carbons (Fsp3) is 0.160. The largest absolute Gasteiger partial charge is 0.490 e. The number of thioether (sulfide) groups is 1. The van der Waals surface area contributed by atoms with Crippen LogP contribution in [0.25, 0.3) is 6.08 Å². The van der Waals surface area contributed by atoms with Gasteiger partial charge < -0.3 is 19.2 Å². The van der Waals surface area contributed by atoms with Gasteiger partial charge in [0.15, 0.2) is 18.1 Å². The van der Waals surface area contributed by atoms with Crippen molar-refractivity contribution in [1.29, 1.82) is 0 Å². The van der Waals surface area contributed by atoms with Gasteiger partial charge in [0, 0.05) is 5.02 Å². The number of amides is 2. The SMILES string of the molecule is CCOc1cc(/C=C2\SC(=S)N(Cc3ccco3)C2=O)ccc1OCC(=O)Nc1ccc(Cl)cc1Cl. The normalized spacial score (nSPS) is 14.4. The molecule has 3 aromatic rings. The lowest BCUT2D eigenvalue weighted by Crippen LogP contribution is -2.27. The number of ether oxygens (including phenoxy) is 2. The van der Waals surface area contributed by atoms with Crippen LogP contribution in [0, 0.1) is 0 Å². The van der Waals surface area contributed by atoms with E-state index in [2.05, 4.69) is 5.32 Å². The van der Waals surface area contributed by atoms with Crippen molar-refractivity contribution in [3.8, 4) is 11.5 Å². The average molecular weight is 563 g/mol. The number of halogens is 2. The van der Waals surface area contributed by atoms with Crippen LogP contribution in [0.5, 0.6) is 11.5 Å². The Morgan fingerprint density at radius 3 is 2.72 bits per heavy atom. The van der Waals surface area contributed by atoms with E-state index < -0.39 is 5.91 Å². The van der Waals surface area contributed by atoms with E-state index in [-0.39, 0.29) is 19.1 Å². The fourth-order valence-electron chi connectivity index (χ4n) is 3.27. The maximum Gasteiger partial charge on any atom is 0.266 e. The Kier molecular flexibility index (Phi) is 8.58. The molecule has 1 saturated heterocycles. The summed E-state index contributed by atoms with van der Waals surface area (Å²) in [5, 5.41) is 3.47. The average Bonchev–Trinajstić information content (AvgIpc) is 3.45. The molecule has 4 rings (SSSR count). The highest BCUT2D eigenvalue weighted by molar-refractivity contribution is 8.26. The minimum absolute atomic E-state index is 0.197. The molecule has 1 aromatic heterocycles. The lowest BCUT2D eigenvalue weighted by molar-refractivity contribution is -0.122. The minimum Gasteiger partial charge on any atom is -0.490 e. The summed E-state index contributed by atoms with van der Waals surface area (Å²) in [4.78, 5) is 27.2. The van der Waals surface area contributed by atoms with Crippen LogP contribution >= 0.6 is 47.2 Å². The van der Waals surface area contributed by atoms with Gasteiger partial charge in [-0.05, 0) is 61.0 Å². The van der Waals surface area contributed by atoms with Gasteiger partial charge in [0.2, 0.25) is 0 Å². The van der Waals surface area contributed by atoms with Gasteiger partial charge in [0.25, 0.3) is 11.8 Å². The molecule has 0 bridgehead atoms. The molecule has 0 saturated carbocycles. The maximum absolute atomic E-state index is 12.9. The highest BCUT2D eigenvalue weighted by atomic mass is 35.5. The molecule has 2 heterocycles. The topological polar surface area (TPSA) is 81.0 Å². The van der Waals surface area contributed by atoms with Crippen molar-refractivity contribution in [1.82, 2.24) is 4.90 Å². The number of rotatable bonds is 9. The van der Waals surface area contributed by atoms with E-state index in [0.29, 0.717) is 48.8 Å². The molecule has 1 aliphatic rings. The summed E-state index contributed by atoms with van der Waals surface area (Å²) in [7, 11) is 0. The number of hydrogen-bond donors (Lipinski definition) is 1. The molecule has 36 heavy (non-hydrogen) atoms. The van der Waals surface area contributed by atoms with Gasteiger partial charge in [-0.3, -0.25) is 14.5 Å². The molecular formula is C25H20Cl2N2O5S2. The molecule has 1 N–H and O–H groups in total. The van der Waals surface area contributed by atoms with Gasteiger partial charge in [0.1, 0.15) is 10.1 Å². The number of carbonyl (C=O) groups is 2. The summed E-state index contributed by atoms with van der Waals surface area (Å²) in [5.41, 5.74) is 1.15. The zero-order chi connectivity index (χ0) is 25.7. The van der Waals surface area contributed by atoms with Crippen molar-refractivity contribution in [2.45, 2.75) is 13.5 Å². The van der Waals surface area contributed by atoms with Crippen LogP contribution in [-0.2, 0) is 16.1 Å². The van der Waals surface area contributed by atoms with Gasteiger partial charge in [-0.1, -0.05) is 53.2 Å². The van der Waals surface area contributed by atoms with Gasteiger partial charge in [-0.15, -0.1) is 0 Å². The molecule has 1 aliphatic heterocycles. The van der Waals surface area contributed by atoms with Crippen molar-refractivity contribution >= 4 is 75.1 Å². The van der Waals surface area contributed by atoms with E-state index in [9.17, 15) is 9.59 Å². The first kappa shape index (κ1) is 26.1. The van der Waals surface area contributed by atoms with Crippen LogP contribution in [0.4, 0.5) is 5.69 Å². The quantitative estimate of drug-likeness (QED) is 0.238. The zero-order valence-corrected chi connectivity index (χ0v) is 22.1. The first-order chi connectivity index (χ1) is 17.3. The van der Waals surface area contributed by atoms with Crippen molar-refractivity contribution in [3.63, 3.8) is 0 Å². The Hall–Kier alpha value is -2.98. The summed E-state index contributed by atoms with van der Waals surface area (Å²) < 4.78 is 17.2. The summed E-state index contributed by atoms with van der Waals surface area (Å²) in [6.07, 6.45) is 3.29. The smallest absolute Gasteiger partial charge is 0.266 e. The predicted molar refractivity (Wildman–Crippen MR) is 146 cm³/mol. The van der Waals surface area contributed by atoms with Crippen LogP contribution < -0.4 is 14.8 Å². The number of hydrogen-bond acceptors (Lipinski definition) is 7. The highest BCUT2D eigenvalue weighted by Crippen LogP contribution is 2.35. The molecule has 0 aliphatic carbocycles. The van der Waals surface area contributed by atoms with Gasteiger partial charge in [-0.2, -0.15) is 0 Å². The number of nitrogens with one attached hydrogen (secondary N) is 1. The Morgan fingerprint density at radius 1 is 1.17 bits per heavy atom. The Balaban J connectivity index is 1.44. The van der Waals surface area contributed by atoms with Crippen LogP contribution in [-0.4, -0.2) is 34.2 Å². The number of nitrogens with zero attached hydrogens (tertiary/aromatic N) is 1. The Labute approximate surface area is 227 Å². The van der Waals surface area contributed by atoms with Crippen LogP contribution in [0.1, 0.15) is 18.2 Å². The lowest BCUT2D eigenvalue weighted by atomic mass is 10.2. The van der Waals surface area contributed by atoms with E-state index in [1.807, 2.05) is 6.92 Å². The molecule has 2 aromatic carbocycles. The predicted octanol–water partition coefficient (Wildman–Crippen LogP) is 6.40. The van der Waals surface area contributed by atoms with Crippen molar-refractivity contribution < 1.29 is 23.5 Å². The number of benzene rings is 2. The summed E-state index contributed by atoms with van der Waals surface area (Å²) in [6.45, 7) is 2.24. The van der Waals surface area contributed by atoms with E-state index in [0.717, 1.165) is 5.56 Å². The van der Waals surface area contributed by atoms with Gasteiger partial charge >= 0.3 is 0 Å². The van der Waals surface area contributed by atoms with Crippen LogP contribution in [0.2, 0.25) is 10.0 Å². The van der Waals surface area contributed by atoms with Crippen molar-refractivity contribution in [3.05, 3.63) is 81.1 Å². The zero-order valence-electron chi connectivity index (χ0n) is 19.0. The first-order valence-corrected chi connectivity index (χ1v) is 12.7. The van der Waals surface area contributed by atoms with E-state index in [1.165, 1.54) is 22.7 Å². The highest BCUT2D eigenvalue weighted by Gasteiger charge is 2.32. The number of anilines is 1. The number of thiocarbonyl (C=S) groups is 1. The first-order valence-electron chi connectivity index (χ1n) is 10.8. The second-order valence-electron chi connectivity index (χ2n) is 7.45.